The number of benzene rings is 1. The monoisotopic (exact) mass is 309 g/mol. The summed E-state index contributed by atoms with van der Waals surface area (Å²) in [7, 11) is 1.90. The fraction of sp³-hybridized carbons (Fsp3) is 0.588. The van der Waals surface area contributed by atoms with Crippen molar-refractivity contribution in [1.82, 2.24) is 4.90 Å². The van der Waals surface area contributed by atoms with Crippen molar-refractivity contribution in [1.29, 1.82) is 0 Å². The zero-order valence-electron chi connectivity index (χ0n) is 13.1. The third-order valence-corrected chi connectivity index (χ3v) is 4.49. The molecule has 0 aromatic heterocycles. The summed E-state index contributed by atoms with van der Waals surface area (Å²) in [6.07, 6.45) is 5.46. The van der Waals surface area contributed by atoms with Gasteiger partial charge in [-0.15, -0.1) is 0 Å². The molecule has 1 aliphatic carbocycles. The Hall–Kier alpha value is -1.22. The van der Waals surface area contributed by atoms with Crippen molar-refractivity contribution in [2.45, 2.75) is 58.1 Å². The van der Waals surface area contributed by atoms with Gasteiger partial charge in [0.1, 0.15) is 5.75 Å². The van der Waals surface area contributed by atoms with Gasteiger partial charge in [-0.2, -0.15) is 0 Å². The van der Waals surface area contributed by atoms with Gasteiger partial charge in [0, 0.05) is 18.1 Å². The van der Waals surface area contributed by atoms with Gasteiger partial charge < -0.3 is 9.64 Å². The van der Waals surface area contributed by atoms with E-state index in [0.29, 0.717) is 11.1 Å². The molecule has 1 aromatic carbocycles. The lowest BCUT2D eigenvalue weighted by atomic mass is 9.94. The van der Waals surface area contributed by atoms with Crippen LogP contribution in [0.25, 0.3) is 0 Å². The molecule has 4 heteroatoms. The predicted molar refractivity (Wildman–Crippen MR) is 85.9 cm³/mol. The average molecular weight is 310 g/mol. The molecule has 3 nitrogen and oxygen atoms in total. The fourth-order valence-corrected chi connectivity index (χ4v) is 3.15. The molecule has 0 radical (unpaired) electrons. The second-order valence-corrected chi connectivity index (χ2v) is 6.35. The van der Waals surface area contributed by atoms with Crippen LogP contribution >= 0.6 is 11.6 Å². The molecule has 1 amide bonds. The molecule has 0 bridgehead atoms. The molecular weight excluding hydrogens is 286 g/mol. The van der Waals surface area contributed by atoms with Gasteiger partial charge in [0.25, 0.3) is 5.91 Å². The SMILES string of the molecule is Cc1cc(Cl)ccc1OC(C)C(=O)N(C)C1CCCCC1. The van der Waals surface area contributed by atoms with Crippen molar-refractivity contribution >= 4 is 17.5 Å². The molecule has 2 rings (SSSR count). The normalized spacial score (nSPS) is 17.3. The van der Waals surface area contributed by atoms with Crippen molar-refractivity contribution in [2.24, 2.45) is 0 Å². The number of amides is 1. The first-order chi connectivity index (χ1) is 9.99. The maximum absolute atomic E-state index is 12.5. The lowest BCUT2D eigenvalue weighted by Crippen LogP contribution is -2.44. The molecule has 1 atom stereocenters. The number of carbonyl (C=O) groups is 1. The van der Waals surface area contributed by atoms with Crippen molar-refractivity contribution in [3.63, 3.8) is 0 Å². The van der Waals surface area contributed by atoms with Gasteiger partial charge in [0.2, 0.25) is 0 Å². The summed E-state index contributed by atoms with van der Waals surface area (Å²) in [5.41, 5.74) is 0.947. The second kappa shape index (κ2) is 7.17. The molecule has 21 heavy (non-hydrogen) atoms. The van der Waals surface area contributed by atoms with E-state index in [9.17, 15) is 4.79 Å². The van der Waals surface area contributed by atoms with Crippen molar-refractivity contribution in [2.75, 3.05) is 7.05 Å². The standard InChI is InChI=1S/C17H24ClNO2/c1-12-11-14(18)9-10-16(12)21-13(2)17(20)19(3)15-7-5-4-6-8-15/h9-11,13,15H,4-8H2,1-3H3. The molecule has 1 aromatic rings. The number of hydrogen-bond acceptors (Lipinski definition) is 2. The average Bonchev–Trinajstić information content (AvgIpc) is 2.49. The van der Waals surface area contributed by atoms with E-state index in [1.54, 1.807) is 6.07 Å². The summed E-state index contributed by atoms with van der Waals surface area (Å²) in [6.45, 7) is 3.75. The molecule has 116 valence electrons. The molecule has 1 fully saturated rings. The number of rotatable bonds is 4. The maximum Gasteiger partial charge on any atom is 0.263 e. The number of nitrogens with zero attached hydrogens (tertiary/aromatic N) is 1. The highest BCUT2D eigenvalue weighted by molar-refractivity contribution is 6.30. The number of halogens is 1. The Bertz CT molecular complexity index is 498. The van der Waals surface area contributed by atoms with Gasteiger partial charge in [-0.1, -0.05) is 30.9 Å². The van der Waals surface area contributed by atoms with Gasteiger partial charge >= 0.3 is 0 Å². The van der Waals surface area contributed by atoms with E-state index in [1.165, 1.54) is 19.3 Å². The van der Waals surface area contributed by atoms with E-state index < -0.39 is 6.10 Å². The zero-order valence-corrected chi connectivity index (χ0v) is 13.8. The Kier molecular flexibility index (Phi) is 5.51. The summed E-state index contributed by atoms with van der Waals surface area (Å²) in [5.74, 6) is 0.772. The Balaban J connectivity index is 1.98. The number of ether oxygens (including phenoxy) is 1. The summed E-state index contributed by atoms with van der Waals surface area (Å²) >= 11 is 5.94. The smallest absolute Gasteiger partial charge is 0.263 e. The van der Waals surface area contributed by atoms with Crippen LogP contribution in [0.1, 0.15) is 44.6 Å². The Morgan fingerprint density at radius 2 is 2.00 bits per heavy atom. The van der Waals surface area contributed by atoms with Crippen molar-refractivity contribution < 1.29 is 9.53 Å². The van der Waals surface area contributed by atoms with Gasteiger partial charge in [0.05, 0.1) is 0 Å². The van der Waals surface area contributed by atoms with Crippen LogP contribution in [0.3, 0.4) is 0 Å². The largest absolute Gasteiger partial charge is 0.481 e. The molecule has 1 unspecified atom stereocenters. The molecular formula is C17H24ClNO2. The van der Waals surface area contributed by atoms with Crippen molar-refractivity contribution in [3.8, 4) is 5.75 Å². The van der Waals surface area contributed by atoms with Gasteiger partial charge in [-0.05, 0) is 50.5 Å². The number of carbonyl (C=O) groups excluding carboxylic acids is 1. The Morgan fingerprint density at radius 1 is 1.33 bits per heavy atom. The number of aryl methyl sites for hydroxylation is 1. The molecule has 0 spiro atoms. The van der Waals surface area contributed by atoms with E-state index in [1.807, 2.05) is 37.9 Å². The highest BCUT2D eigenvalue weighted by Gasteiger charge is 2.26. The van der Waals surface area contributed by atoms with Crippen LogP contribution in [0.15, 0.2) is 18.2 Å². The molecule has 0 saturated heterocycles. The lowest BCUT2D eigenvalue weighted by molar-refractivity contribution is -0.139. The van der Waals surface area contributed by atoms with Crippen molar-refractivity contribution in [3.05, 3.63) is 28.8 Å². The Labute approximate surface area is 132 Å². The van der Waals surface area contributed by atoms with E-state index in [-0.39, 0.29) is 5.91 Å². The quantitative estimate of drug-likeness (QED) is 0.834. The molecule has 0 N–H and O–H groups in total. The van der Waals surface area contributed by atoms with Crippen LogP contribution in [0.2, 0.25) is 5.02 Å². The van der Waals surface area contributed by atoms with E-state index in [2.05, 4.69) is 0 Å². The third-order valence-electron chi connectivity index (χ3n) is 4.26. The highest BCUT2D eigenvalue weighted by atomic mass is 35.5. The summed E-state index contributed by atoms with van der Waals surface area (Å²) in [4.78, 5) is 14.4. The first-order valence-corrected chi connectivity index (χ1v) is 8.06. The third kappa shape index (κ3) is 4.13. The molecule has 0 heterocycles. The number of hydrogen-bond donors (Lipinski definition) is 0. The summed E-state index contributed by atoms with van der Waals surface area (Å²) < 4.78 is 5.82. The highest BCUT2D eigenvalue weighted by Crippen LogP contribution is 2.25. The van der Waals surface area contributed by atoms with E-state index in [0.717, 1.165) is 24.2 Å². The maximum atomic E-state index is 12.5. The van der Waals surface area contributed by atoms with Crippen LogP contribution in [-0.4, -0.2) is 30.0 Å². The zero-order chi connectivity index (χ0) is 15.4. The second-order valence-electron chi connectivity index (χ2n) is 5.91. The first kappa shape index (κ1) is 16.2. The topological polar surface area (TPSA) is 29.5 Å². The Morgan fingerprint density at radius 3 is 2.62 bits per heavy atom. The summed E-state index contributed by atoms with van der Waals surface area (Å²) in [5, 5.41) is 0.679. The molecule has 1 aliphatic rings. The van der Waals surface area contributed by atoms with E-state index >= 15 is 0 Å². The van der Waals surface area contributed by atoms with Crippen LogP contribution < -0.4 is 4.74 Å². The van der Waals surface area contributed by atoms with Gasteiger partial charge in [0.15, 0.2) is 6.10 Å². The van der Waals surface area contributed by atoms with Crippen LogP contribution in [0.4, 0.5) is 0 Å². The first-order valence-electron chi connectivity index (χ1n) is 7.68. The van der Waals surface area contributed by atoms with E-state index in [4.69, 9.17) is 16.3 Å². The van der Waals surface area contributed by atoms with Gasteiger partial charge in [-0.3, -0.25) is 4.79 Å². The van der Waals surface area contributed by atoms with Crippen LogP contribution in [0, 0.1) is 6.92 Å². The number of likely N-dealkylation sites (N-methyl/N-ethyl adjacent to an activating group) is 1. The van der Waals surface area contributed by atoms with Crippen LogP contribution in [0.5, 0.6) is 5.75 Å². The predicted octanol–water partition coefficient (Wildman–Crippen LogP) is 4.21. The lowest BCUT2D eigenvalue weighted by Gasteiger charge is -2.33. The minimum Gasteiger partial charge on any atom is -0.481 e. The molecule has 1 saturated carbocycles. The summed E-state index contributed by atoms with van der Waals surface area (Å²) in [6, 6.07) is 5.82. The van der Waals surface area contributed by atoms with Gasteiger partial charge in [-0.25, -0.2) is 0 Å². The van der Waals surface area contributed by atoms with Crippen LogP contribution in [-0.2, 0) is 4.79 Å². The minimum atomic E-state index is -0.475. The minimum absolute atomic E-state index is 0.0521. The fourth-order valence-electron chi connectivity index (χ4n) is 2.92. The molecule has 0 aliphatic heterocycles.